The van der Waals surface area contributed by atoms with Crippen molar-refractivity contribution in [2.75, 3.05) is 17.6 Å². The molecule has 4 N–H and O–H groups in total. The molecule has 1 saturated carbocycles. The van der Waals surface area contributed by atoms with Crippen LogP contribution < -0.4 is 11.1 Å². The zero-order valence-corrected chi connectivity index (χ0v) is 10.5. The molecule has 1 fully saturated rings. The summed E-state index contributed by atoms with van der Waals surface area (Å²) in [6.45, 7) is 0.791. The monoisotopic (exact) mass is 248 g/mol. The topological polar surface area (TPSA) is 75.4 Å². The van der Waals surface area contributed by atoms with E-state index in [1.54, 1.807) is 18.2 Å². The zero-order chi connectivity index (χ0) is 13.0. The molecule has 4 heteroatoms. The van der Waals surface area contributed by atoms with Crippen LogP contribution in [0.2, 0.25) is 0 Å². The highest BCUT2D eigenvalue weighted by atomic mass is 16.4. The van der Waals surface area contributed by atoms with Crippen LogP contribution in [-0.2, 0) is 0 Å². The Bertz CT molecular complexity index is 426. The van der Waals surface area contributed by atoms with Crippen LogP contribution in [0.3, 0.4) is 0 Å². The fraction of sp³-hybridized carbons (Fsp3) is 0.500. The molecule has 0 heterocycles. The van der Waals surface area contributed by atoms with Gasteiger partial charge in [-0.25, -0.2) is 4.79 Å². The molecule has 4 nitrogen and oxygen atoms in total. The predicted molar refractivity (Wildman–Crippen MR) is 72.9 cm³/mol. The number of anilines is 2. The summed E-state index contributed by atoms with van der Waals surface area (Å²) in [5, 5.41) is 12.3. The Hall–Kier alpha value is -1.71. The SMILES string of the molecule is Nc1cccc(C(=O)O)c1NCCC1CCCC1. The highest BCUT2D eigenvalue weighted by Gasteiger charge is 2.16. The fourth-order valence-corrected chi connectivity index (χ4v) is 2.65. The van der Waals surface area contributed by atoms with Gasteiger partial charge in [-0.2, -0.15) is 0 Å². The quantitative estimate of drug-likeness (QED) is 0.700. The number of rotatable bonds is 5. The average Bonchev–Trinajstić information content (AvgIpc) is 2.84. The second-order valence-electron chi connectivity index (χ2n) is 4.94. The lowest BCUT2D eigenvalue weighted by Gasteiger charge is -2.14. The summed E-state index contributed by atoms with van der Waals surface area (Å²) >= 11 is 0. The first kappa shape index (κ1) is 12.7. The van der Waals surface area contributed by atoms with Crippen molar-refractivity contribution in [2.24, 2.45) is 5.92 Å². The van der Waals surface area contributed by atoms with Crippen molar-refractivity contribution in [3.8, 4) is 0 Å². The zero-order valence-electron chi connectivity index (χ0n) is 10.5. The number of carboxylic acids is 1. The standard InChI is InChI=1S/C14H20N2O2/c15-12-7-3-6-11(14(17)18)13(12)16-9-8-10-4-1-2-5-10/h3,6-7,10,16H,1-2,4-5,8-9,15H2,(H,17,18). The highest BCUT2D eigenvalue weighted by Crippen LogP contribution is 2.28. The van der Waals surface area contributed by atoms with Crippen molar-refractivity contribution in [1.29, 1.82) is 0 Å². The van der Waals surface area contributed by atoms with Gasteiger partial charge in [0, 0.05) is 6.54 Å². The van der Waals surface area contributed by atoms with Gasteiger partial charge in [0.1, 0.15) is 0 Å². The van der Waals surface area contributed by atoms with E-state index in [2.05, 4.69) is 5.32 Å². The van der Waals surface area contributed by atoms with Crippen molar-refractivity contribution < 1.29 is 9.90 Å². The summed E-state index contributed by atoms with van der Waals surface area (Å²) in [5.74, 6) is -0.151. The van der Waals surface area contributed by atoms with Crippen molar-refractivity contribution >= 4 is 17.3 Å². The van der Waals surface area contributed by atoms with Gasteiger partial charge in [-0.3, -0.25) is 0 Å². The van der Waals surface area contributed by atoms with E-state index in [-0.39, 0.29) is 5.56 Å². The smallest absolute Gasteiger partial charge is 0.337 e. The third kappa shape index (κ3) is 2.94. The molecule has 0 amide bonds. The van der Waals surface area contributed by atoms with Gasteiger partial charge in [0.2, 0.25) is 0 Å². The Morgan fingerprint density at radius 1 is 1.39 bits per heavy atom. The number of carboxylic acid groups (broad SMARTS) is 1. The van der Waals surface area contributed by atoms with E-state index < -0.39 is 5.97 Å². The van der Waals surface area contributed by atoms with E-state index in [4.69, 9.17) is 10.8 Å². The Balaban J connectivity index is 1.97. The number of benzene rings is 1. The number of nitrogens with two attached hydrogens (primary N) is 1. The maximum absolute atomic E-state index is 11.1. The molecule has 0 atom stereocenters. The van der Waals surface area contributed by atoms with Gasteiger partial charge < -0.3 is 16.2 Å². The molecule has 1 aliphatic carbocycles. The van der Waals surface area contributed by atoms with Crippen LogP contribution in [0.25, 0.3) is 0 Å². The largest absolute Gasteiger partial charge is 0.478 e. The number of para-hydroxylation sites is 1. The summed E-state index contributed by atoms with van der Waals surface area (Å²) in [6.07, 6.45) is 6.36. The lowest BCUT2D eigenvalue weighted by atomic mass is 10.0. The third-order valence-electron chi connectivity index (χ3n) is 3.66. The first-order chi connectivity index (χ1) is 8.68. The molecule has 0 aliphatic heterocycles. The van der Waals surface area contributed by atoms with E-state index in [9.17, 15) is 4.79 Å². The molecule has 98 valence electrons. The van der Waals surface area contributed by atoms with Gasteiger partial charge in [-0.05, 0) is 24.5 Å². The summed E-state index contributed by atoms with van der Waals surface area (Å²) in [5.41, 5.74) is 7.14. The number of aromatic carboxylic acids is 1. The van der Waals surface area contributed by atoms with Crippen molar-refractivity contribution in [3.05, 3.63) is 23.8 Å². The van der Waals surface area contributed by atoms with E-state index in [1.165, 1.54) is 25.7 Å². The summed E-state index contributed by atoms with van der Waals surface area (Å²) in [4.78, 5) is 11.1. The summed E-state index contributed by atoms with van der Waals surface area (Å²) in [6, 6.07) is 4.97. The average molecular weight is 248 g/mol. The molecule has 1 aromatic carbocycles. The van der Waals surface area contributed by atoms with Crippen LogP contribution in [-0.4, -0.2) is 17.6 Å². The minimum atomic E-state index is -0.939. The minimum Gasteiger partial charge on any atom is -0.478 e. The number of carbonyl (C=O) groups is 1. The van der Waals surface area contributed by atoms with Crippen molar-refractivity contribution in [3.63, 3.8) is 0 Å². The molecule has 18 heavy (non-hydrogen) atoms. The lowest BCUT2D eigenvalue weighted by Crippen LogP contribution is -2.12. The minimum absolute atomic E-state index is 0.251. The second-order valence-corrected chi connectivity index (χ2v) is 4.94. The van der Waals surface area contributed by atoms with E-state index in [0.717, 1.165) is 18.9 Å². The fourth-order valence-electron chi connectivity index (χ4n) is 2.65. The van der Waals surface area contributed by atoms with Crippen LogP contribution in [0.15, 0.2) is 18.2 Å². The molecule has 0 radical (unpaired) electrons. The maximum Gasteiger partial charge on any atom is 0.337 e. The molecule has 1 aromatic rings. The van der Waals surface area contributed by atoms with Gasteiger partial charge >= 0.3 is 5.97 Å². The summed E-state index contributed by atoms with van der Waals surface area (Å²) < 4.78 is 0. The van der Waals surface area contributed by atoms with Crippen molar-refractivity contribution in [2.45, 2.75) is 32.1 Å². The molecule has 0 spiro atoms. The Labute approximate surface area is 107 Å². The van der Waals surface area contributed by atoms with Gasteiger partial charge in [0.25, 0.3) is 0 Å². The normalized spacial score (nSPS) is 15.8. The molecule has 1 aliphatic rings. The van der Waals surface area contributed by atoms with Crippen LogP contribution in [0, 0.1) is 5.92 Å². The molecule has 0 aromatic heterocycles. The van der Waals surface area contributed by atoms with E-state index in [1.807, 2.05) is 0 Å². The predicted octanol–water partition coefficient (Wildman–Crippen LogP) is 2.96. The molecule has 2 rings (SSSR count). The van der Waals surface area contributed by atoms with Crippen LogP contribution >= 0.6 is 0 Å². The lowest BCUT2D eigenvalue weighted by molar-refractivity contribution is 0.0698. The van der Waals surface area contributed by atoms with Gasteiger partial charge in [-0.15, -0.1) is 0 Å². The Morgan fingerprint density at radius 3 is 2.78 bits per heavy atom. The molecule has 0 saturated heterocycles. The maximum atomic E-state index is 11.1. The Kier molecular flexibility index (Phi) is 4.07. The highest BCUT2D eigenvalue weighted by molar-refractivity contribution is 5.97. The number of nitrogens with one attached hydrogen (secondary N) is 1. The molecular formula is C14H20N2O2. The van der Waals surface area contributed by atoms with Crippen LogP contribution in [0.5, 0.6) is 0 Å². The number of hydrogen-bond acceptors (Lipinski definition) is 3. The molecular weight excluding hydrogens is 228 g/mol. The van der Waals surface area contributed by atoms with E-state index >= 15 is 0 Å². The second kappa shape index (κ2) is 5.76. The summed E-state index contributed by atoms with van der Waals surface area (Å²) in [7, 11) is 0. The van der Waals surface area contributed by atoms with Gasteiger partial charge in [-0.1, -0.05) is 31.7 Å². The Morgan fingerprint density at radius 2 is 2.11 bits per heavy atom. The third-order valence-corrected chi connectivity index (χ3v) is 3.66. The first-order valence-electron chi connectivity index (χ1n) is 6.54. The van der Waals surface area contributed by atoms with Crippen LogP contribution in [0.1, 0.15) is 42.5 Å². The first-order valence-corrected chi connectivity index (χ1v) is 6.54. The van der Waals surface area contributed by atoms with Gasteiger partial charge in [0.15, 0.2) is 0 Å². The molecule has 0 bridgehead atoms. The number of hydrogen-bond donors (Lipinski definition) is 3. The number of nitrogen functional groups attached to an aromatic ring is 1. The van der Waals surface area contributed by atoms with Gasteiger partial charge in [0.05, 0.1) is 16.9 Å². The van der Waals surface area contributed by atoms with Crippen molar-refractivity contribution in [1.82, 2.24) is 0 Å². The van der Waals surface area contributed by atoms with Crippen LogP contribution in [0.4, 0.5) is 11.4 Å². The van der Waals surface area contributed by atoms with E-state index in [0.29, 0.717) is 11.4 Å². The molecule has 0 unspecified atom stereocenters.